The van der Waals surface area contributed by atoms with Crippen LogP contribution >= 0.6 is 11.6 Å². The van der Waals surface area contributed by atoms with Gasteiger partial charge >= 0.3 is 0 Å². The van der Waals surface area contributed by atoms with Crippen molar-refractivity contribution in [2.75, 3.05) is 19.6 Å². The number of benzene rings is 1. The summed E-state index contributed by atoms with van der Waals surface area (Å²) in [5.41, 5.74) is -0.236. The molecular weight excluding hydrogens is 336 g/mol. The van der Waals surface area contributed by atoms with E-state index in [-0.39, 0.29) is 5.91 Å². The maximum absolute atomic E-state index is 13.2. The Hall–Kier alpha value is -1.10. The molecule has 138 valence electrons. The largest absolute Gasteiger partial charge is 0.388 e. The molecule has 5 heteroatoms. The molecule has 0 radical (unpaired) electrons. The van der Waals surface area contributed by atoms with Crippen LogP contribution in [0, 0.1) is 0 Å². The minimum Gasteiger partial charge on any atom is -0.388 e. The predicted molar refractivity (Wildman–Crippen MR) is 101 cm³/mol. The Morgan fingerprint density at radius 2 is 1.76 bits per heavy atom. The van der Waals surface area contributed by atoms with Crippen LogP contribution in [-0.4, -0.2) is 36.2 Å². The summed E-state index contributed by atoms with van der Waals surface area (Å²) in [4.78, 5) is 13.2. The van der Waals surface area contributed by atoms with Crippen molar-refractivity contribution in [2.45, 2.75) is 62.4 Å². The molecule has 3 rings (SSSR count). The molecule has 1 heterocycles. The van der Waals surface area contributed by atoms with Gasteiger partial charge in [-0.3, -0.25) is 4.79 Å². The van der Waals surface area contributed by atoms with Crippen LogP contribution in [0.3, 0.4) is 0 Å². The molecule has 2 aliphatic rings. The Bertz CT molecular complexity index is 574. The van der Waals surface area contributed by atoms with E-state index in [1.807, 2.05) is 24.3 Å². The van der Waals surface area contributed by atoms with E-state index < -0.39 is 11.0 Å². The Kier molecular flexibility index (Phi) is 6.03. The summed E-state index contributed by atoms with van der Waals surface area (Å²) in [6.45, 7) is 2.07. The second-order valence-electron chi connectivity index (χ2n) is 7.66. The second kappa shape index (κ2) is 8.07. The van der Waals surface area contributed by atoms with Gasteiger partial charge in [-0.1, -0.05) is 43.0 Å². The molecule has 1 aromatic rings. The number of hydrogen-bond acceptors (Lipinski definition) is 3. The molecule has 0 unspecified atom stereocenters. The smallest absolute Gasteiger partial charge is 0.230 e. The number of nitrogens with one attached hydrogen (secondary N) is 2. The van der Waals surface area contributed by atoms with Crippen LogP contribution in [0.4, 0.5) is 0 Å². The first-order chi connectivity index (χ1) is 12.0. The van der Waals surface area contributed by atoms with E-state index in [4.69, 9.17) is 11.6 Å². The first-order valence-corrected chi connectivity index (χ1v) is 9.89. The summed E-state index contributed by atoms with van der Waals surface area (Å²) < 4.78 is 0. The molecule has 1 aromatic carbocycles. The van der Waals surface area contributed by atoms with E-state index in [1.165, 1.54) is 6.42 Å². The Morgan fingerprint density at radius 1 is 1.04 bits per heavy atom. The van der Waals surface area contributed by atoms with E-state index in [1.54, 1.807) is 0 Å². The average molecular weight is 365 g/mol. The summed E-state index contributed by atoms with van der Waals surface area (Å²) in [6.07, 6.45) is 7.37. The first kappa shape index (κ1) is 18.7. The average Bonchev–Trinajstić information content (AvgIpc) is 2.86. The molecule has 3 N–H and O–H groups in total. The Morgan fingerprint density at radius 3 is 2.48 bits per heavy atom. The minimum absolute atomic E-state index is 0.0557. The SMILES string of the molecule is O=C(NC[C@@]1(O)CCCNCC1)C1(c2ccc(Cl)cc2)CCCCC1. The number of halogens is 1. The van der Waals surface area contributed by atoms with Crippen LogP contribution in [0.2, 0.25) is 5.02 Å². The lowest BCUT2D eigenvalue weighted by Crippen LogP contribution is -2.51. The number of rotatable bonds is 4. The van der Waals surface area contributed by atoms with Gasteiger partial charge in [0, 0.05) is 11.6 Å². The van der Waals surface area contributed by atoms with Gasteiger partial charge in [0.1, 0.15) is 0 Å². The highest BCUT2D eigenvalue weighted by atomic mass is 35.5. The topological polar surface area (TPSA) is 61.4 Å². The third-order valence-electron chi connectivity index (χ3n) is 5.88. The molecule has 1 saturated carbocycles. The molecule has 1 aliphatic carbocycles. The van der Waals surface area contributed by atoms with Crippen molar-refractivity contribution in [2.24, 2.45) is 0 Å². The van der Waals surface area contributed by atoms with Gasteiger partial charge in [-0.05, 0) is 62.9 Å². The molecule has 1 aliphatic heterocycles. The first-order valence-electron chi connectivity index (χ1n) is 9.52. The molecule has 0 bridgehead atoms. The lowest BCUT2D eigenvalue weighted by molar-refractivity contribution is -0.129. The van der Waals surface area contributed by atoms with Crippen molar-refractivity contribution in [3.05, 3.63) is 34.9 Å². The zero-order valence-electron chi connectivity index (χ0n) is 14.8. The number of aliphatic hydroxyl groups is 1. The van der Waals surface area contributed by atoms with Crippen molar-refractivity contribution >= 4 is 17.5 Å². The Balaban J connectivity index is 1.74. The fraction of sp³-hybridized carbons (Fsp3) is 0.650. The van der Waals surface area contributed by atoms with Crippen molar-refractivity contribution in [1.29, 1.82) is 0 Å². The summed E-state index contributed by atoms with van der Waals surface area (Å²) >= 11 is 6.03. The molecule has 0 spiro atoms. The predicted octanol–water partition coefficient (Wildman–Crippen LogP) is 3.16. The number of amides is 1. The number of carbonyl (C=O) groups is 1. The van der Waals surface area contributed by atoms with Gasteiger partial charge in [-0.15, -0.1) is 0 Å². The monoisotopic (exact) mass is 364 g/mol. The van der Waals surface area contributed by atoms with Crippen molar-refractivity contribution in [3.63, 3.8) is 0 Å². The summed E-state index contributed by atoms with van der Waals surface area (Å²) in [5.74, 6) is 0.0557. The fourth-order valence-electron chi connectivity index (χ4n) is 4.28. The highest BCUT2D eigenvalue weighted by Crippen LogP contribution is 2.40. The van der Waals surface area contributed by atoms with Crippen molar-refractivity contribution < 1.29 is 9.90 Å². The highest BCUT2D eigenvalue weighted by Gasteiger charge is 2.42. The van der Waals surface area contributed by atoms with Crippen LogP contribution in [0.5, 0.6) is 0 Å². The van der Waals surface area contributed by atoms with Gasteiger partial charge < -0.3 is 15.7 Å². The summed E-state index contributed by atoms with van der Waals surface area (Å²) in [7, 11) is 0. The van der Waals surface area contributed by atoms with Crippen LogP contribution in [0.15, 0.2) is 24.3 Å². The zero-order chi connectivity index (χ0) is 17.8. The number of carbonyl (C=O) groups excluding carboxylic acids is 1. The van der Waals surface area contributed by atoms with Crippen LogP contribution in [0.25, 0.3) is 0 Å². The fourth-order valence-corrected chi connectivity index (χ4v) is 4.40. The van der Waals surface area contributed by atoms with Crippen molar-refractivity contribution in [3.8, 4) is 0 Å². The quantitative estimate of drug-likeness (QED) is 0.769. The van der Waals surface area contributed by atoms with E-state index in [9.17, 15) is 9.90 Å². The molecule has 0 aromatic heterocycles. The second-order valence-corrected chi connectivity index (χ2v) is 8.10. The molecular formula is C20H29ClN2O2. The normalized spacial score (nSPS) is 26.6. The summed E-state index contributed by atoms with van der Waals surface area (Å²) in [5, 5.41) is 17.9. The van der Waals surface area contributed by atoms with Gasteiger partial charge in [0.2, 0.25) is 5.91 Å². The molecule has 2 fully saturated rings. The minimum atomic E-state index is -0.797. The molecule has 25 heavy (non-hydrogen) atoms. The highest BCUT2D eigenvalue weighted by molar-refractivity contribution is 6.30. The van der Waals surface area contributed by atoms with Crippen LogP contribution < -0.4 is 10.6 Å². The lowest BCUT2D eigenvalue weighted by Gasteiger charge is -2.37. The van der Waals surface area contributed by atoms with Crippen molar-refractivity contribution in [1.82, 2.24) is 10.6 Å². The zero-order valence-corrected chi connectivity index (χ0v) is 15.6. The molecule has 1 atom stereocenters. The van der Waals surface area contributed by atoms with E-state index in [2.05, 4.69) is 10.6 Å². The van der Waals surface area contributed by atoms with E-state index >= 15 is 0 Å². The van der Waals surface area contributed by atoms with Crippen LogP contribution in [-0.2, 0) is 10.2 Å². The summed E-state index contributed by atoms with van der Waals surface area (Å²) in [6, 6.07) is 7.70. The lowest BCUT2D eigenvalue weighted by atomic mass is 9.68. The molecule has 4 nitrogen and oxygen atoms in total. The Labute approximate surface area is 155 Å². The van der Waals surface area contributed by atoms with E-state index in [0.29, 0.717) is 18.0 Å². The third-order valence-corrected chi connectivity index (χ3v) is 6.13. The van der Waals surface area contributed by atoms with Gasteiger partial charge in [0.15, 0.2) is 0 Å². The molecule has 1 amide bonds. The van der Waals surface area contributed by atoms with E-state index in [0.717, 1.165) is 57.2 Å². The standard InChI is InChI=1S/C20H29ClN2O2/c21-17-7-5-16(6-8-17)20(10-2-1-3-11-20)18(24)23-15-19(25)9-4-13-22-14-12-19/h5-8,22,25H,1-4,9-15H2,(H,23,24)/t19-/m1/s1. The van der Waals surface area contributed by atoms with Crippen LogP contribution in [0.1, 0.15) is 56.9 Å². The third kappa shape index (κ3) is 4.36. The molecule has 1 saturated heterocycles. The number of hydrogen-bond donors (Lipinski definition) is 3. The van der Waals surface area contributed by atoms with Gasteiger partial charge in [-0.2, -0.15) is 0 Å². The van der Waals surface area contributed by atoms with Gasteiger partial charge in [0.25, 0.3) is 0 Å². The maximum Gasteiger partial charge on any atom is 0.230 e. The van der Waals surface area contributed by atoms with Gasteiger partial charge in [-0.25, -0.2) is 0 Å². The maximum atomic E-state index is 13.2. The van der Waals surface area contributed by atoms with Gasteiger partial charge in [0.05, 0.1) is 11.0 Å².